The van der Waals surface area contributed by atoms with Crippen molar-refractivity contribution in [3.8, 4) is 0 Å². The first-order valence-corrected chi connectivity index (χ1v) is 5.41. The van der Waals surface area contributed by atoms with Crippen molar-refractivity contribution in [3.05, 3.63) is 41.5 Å². The molecule has 0 spiro atoms. The van der Waals surface area contributed by atoms with Gasteiger partial charge in [0.05, 0.1) is 5.56 Å². The van der Waals surface area contributed by atoms with E-state index in [9.17, 15) is 13.2 Å². The number of rotatable bonds is 1. The highest BCUT2D eigenvalue weighted by atomic mass is 19.4. The predicted molar refractivity (Wildman–Crippen MR) is 64.7 cm³/mol. The first-order chi connectivity index (χ1) is 7.53. The average Bonchev–Trinajstić information content (AvgIpc) is 2.14. The molecule has 0 heterocycles. The minimum Gasteiger partial charge on any atom is -0.166 e. The van der Waals surface area contributed by atoms with Crippen molar-refractivity contribution in [1.82, 2.24) is 0 Å². The van der Waals surface area contributed by atoms with Gasteiger partial charge < -0.3 is 0 Å². The highest BCUT2D eigenvalue weighted by Gasteiger charge is 2.35. The number of benzene rings is 1. The molecule has 1 aromatic carbocycles. The molecule has 17 heavy (non-hydrogen) atoms. The van der Waals surface area contributed by atoms with Crippen LogP contribution in [0, 0.1) is 12.3 Å². The first-order valence-electron chi connectivity index (χ1n) is 5.41. The number of hydrogen-bond acceptors (Lipinski definition) is 0. The first kappa shape index (κ1) is 13.8. The third kappa shape index (κ3) is 3.11. The van der Waals surface area contributed by atoms with Crippen LogP contribution in [0.25, 0.3) is 5.57 Å². The predicted octanol–water partition coefficient (Wildman–Crippen LogP) is 5.07. The summed E-state index contributed by atoms with van der Waals surface area (Å²) >= 11 is 0. The van der Waals surface area contributed by atoms with Gasteiger partial charge >= 0.3 is 6.18 Å². The second-order valence-corrected chi connectivity index (χ2v) is 5.28. The maximum Gasteiger partial charge on any atom is 0.417 e. The number of aryl methyl sites for hydroxylation is 1. The van der Waals surface area contributed by atoms with E-state index in [1.807, 2.05) is 20.8 Å². The van der Waals surface area contributed by atoms with E-state index < -0.39 is 11.7 Å². The molecule has 0 nitrogen and oxygen atoms in total. The molecule has 0 aliphatic carbocycles. The van der Waals surface area contributed by atoms with Crippen LogP contribution in [0.15, 0.2) is 24.8 Å². The number of alkyl halides is 3. The van der Waals surface area contributed by atoms with Gasteiger partial charge in [-0.25, -0.2) is 0 Å². The molecule has 0 radical (unpaired) electrons. The number of hydrogen-bond donors (Lipinski definition) is 0. The van der Waals surface area contributed by atoms with Crippen LogP contribution in [-0.4, -0.2) is 0 Å². The Kier molecular flexibility index (Phi) is 3.42. The van der Waals surface area contributed by atoms with Gasteiger partial charge in [0.15, 0.2) is 0 Å². The van der Waals surface area contributed by atoms with Crippen LogP contribution < -0.4 is 0 Å². The Balaban J connectivity index is 3.40. The van der Waals surface area contributed by atoms with Crippen LogP contribution >= 0.6 is 0 Å². The number of halogens is 3. The molecule has 94 valence electrons. The Hall–Kier alpha value is -1.25. The fourth-order valence-corrected chi connectivity index (χ4v) is 1.56. The fourth-order valence-electron chi connectivity index (χ4n) is 1.56. The summed E-state index contributed by atoms with van der Waals surface area (Å²) in [5.74, 6) is 0. The lowest BCUT2D eigenvalue weighted by Gasteiger charge is -2.25. The van der Waals surface area contributed by atoms with E-state index >= 15 is 0 Å². The van der Waals surface area contributed by atoms with Crippen molar-refractivity contribution in [1.29, 1.82) is 0 Å². The van der Waals surface area contributed by atoms with E-state index in [0.717, 1.165) is 0 Å². The van der Waals surface area contributed by atoms with Crippen LogP contribution in [0.2, 0.25) is 0 Å². The maximum absolute atomic E-state index is 12.9. The van der Waals surface area contributed by atoms with E-state index in [1.165, 1.54) is 12.1 Å². The Morgan fingerprint density at radius 2 is 1.65 bits per heavy atom. The molecule has 0 atom stereocenters. The van der Waals surface area contributed by atoms with E-state index in [0.29, 0.717) is 11.1 Å². The zero-order valence-electron chi connectivity index (χ0n) is 10.6. The monoisotopic (exact) mass is 242 g/mol. The Morgan fingerprint density at radius 1 is 1.12 bits per heavy atom. The molecule has 0 unspecified atom stereocenters. The van der Waals surface area contributed by atoms with E-state index in [1.54, 1.807) is 13.0 Å². The Bertz CT molecular complexity index is 434. The van der Waals surface area contributed by atoms with Gasteiger partial charge in [-0.05, 0) is 29.5 Å². The molecule has 3 heteroatoms. The van der Waals surface area contributed by atoms with Crippen molar-refractivity contribution < 1.29 is 13.2 Å². The smallest absolute Gasteiger partial charge is 0.166 e. The lowest BCUT2D eigenvalue weighted by molar-refractivity contribution is -0.137. The SMILES string of the molecule is C=C(c1ccc(C)cc1C(F)(F)F)C(C)(C)C. The quantitative estimate of drug-likeness (QED) is 0.644. The van der Waals surface area contributed by atoms with E-state index in [-0.39, 0.29) is 11.0 Å². The van der Waals surface area contributed by atoms with Crippen molar-refractivity contribution in [2.75, 3.05) is 0 Å². The van der Waals surface area contributed by atoms with Crippen LogP contribution in [0.4, 0.5) is 13.2 Å². The molecule has 0 fully saturated rings. The molecular formula is C14H17F3. The van der Waals surface area contributed by atoms with Crippen LogP contribution in [-0.2, 0) is 6.18 Å². The van der Waals surface area contributed by atoms with Crippen LogP contribution in [0.3, 0.4) is 0 Å². The average molecular weight is 242 g/mol. The van der Waals surface area contributed by atoms with Gasteiger partial charge in [-0.2, -0.15) is 13.2 Å². The summed E-state index contributed by atoms with van der Waals surface area (Å²) in [7, 11) is 0. The van der Waals surface area contributed by atoms with Gasteiger partial charge in [0.2, 0.25) is 0 Å². The van der Waals surface area contributed by atoms with Gasteiger partial charge in [0.25, 0.3) is 0 Å². The minimum atomic E-state index is -4.34. The highest BCUT2D eigenvalue weighted by molar-refractivity contribution is 5.70. The molecule has 0 saturated carbocycles. The molecular weight excluding hydrogens is 225 g/mol. The minimum absolute atomic E-state index is 0.190. The van der Waals surface area contributed by atoms with Gasteiger partial charge in [0, 0.05) is 0 Å². The molecule has 1 aromatic rings. The highest BCUT2D eigenvalue weighted by Crippen LogP contribution is 2.40. The molecule has 1 rings (SSSR count). The van der Waals surface area contributed by atoms with Crippen LogP contribution in [0.1, 0.15) is 37.5 Å². The molecule has 0 amide bonds. The van der Waals surface area contributed by atoms with E-state index in [2.05, 4.69) is 6.58 Å². The lowest BCUT2D eigenvalue weighted by Crippen LogP contribution is -2.14. The molecule has 0 N–H and O–H groups in total. The maximum atomic E-state index is 12.9. The third-order valence-electron chi connectivity index (χ3n) is 2.71. The second-order valence-electron chi connectivity index (χ2n) is 5.28. The summed E-state index contributed by atoms with van der Waals surface area (Å²) in [6.07, 6.45) is -4.34. The third-order valence-corrected chi connectivity index (χ3v) is 2.71. The Labute approximate surface area is 100 Å². The van der Waals surface area contributed by atoms with Gasteiger partial charge in [-0.3, -0.25) is 0 Å². The zero-order valence-corrected chi connectivity index (χ0v) is 10.6. The topological polar surface area (TPSA) is 0 Å². The summed E-state index contributed by atoms with van der Waals surface area (Å²) in [6, 6.07) is 4.36. The summed E-state index contributed by atoms with van der Waals surface area (Å²) in [6.45, 7) is 11.0. The summed E-state index contributed by atoms with van der Waals surface area (Å²) in [5, 5.41) is 0. The van der Waals surface area contributed by atoms with Gasteiger partial charge in [-0.15, -0.1) is 0 Å². The van der Waals surface area contributed by atoms with Crippen molar-refractivity contribution >= 4 is 5.57 Å². The zero-order chi connectivity index (χ0) is 13.4. The van der Waals surface area contributed by atoms with Crippen molar-refractivity contribution in [3.63, 3.8) is 0 Å². The molecule has 0 aliphatic rings. The van der Waals surface area contributed by atoms with Crippen molar-refractivity contribution in [2.45, 2.75) is 33.9 Å². The van der Waals surface area contributed by atoms with Gasteiger partial charge in [-0.1, -0.05) is 45.0 Å². The van der Waals surface area contributed by atoms with Gasteiger partial charge in [0.1, 0.15) is 0 Å². The fraction of sp³-hybridized carbons (Fsp3) is 0.429. The largest absolute Gasteiger partial charge is 0.417 e. The second kappa shape index (κ2) is 4.21. The lowest BCUT2D eigenvalue weighted by atomic mass is 9.81. The van der Waals surface area contributed by atoms with Crippen LogP contribution in [0.5, 0.6) is 0 Å². The molecule has 0 bridgehead atoms. The molecule has 0 saturated heterocycles. The Morgan fingerprint density at radius 3 is 2.06 bits per heavy atom. The summed E-state index contributed by atoms with van der Waals surface area (Å²) in [5.41, 5.74) is 0.315. The number of allylic oxidation sites excluding steroid dienone is 1. The van der Waals surface area contributed by atoms with E-state index in [4.69, 9.17) is 0 Å². The molecule has 0 aliphatic heterocycles. The standard InChI is InChI=1S/C14H17F3/c1-9-6-7-11(10(2)13(3,4)5)12(8-9)14(15,16)17/h6-8H,2H2,1,3-5H3. The normalized spacial score (nSPS) is 12.6. The summed E-state index contributed by atoms with van der Waals surface area (Å²) < 4.78 is 38.8. The van der Waals surface area contributed by atoms with Crippen molar-refractivity contribution in [2.24, 2.45) is 5.41 Å². The molecule has 0 aromatic heterocycles. The summed E-state index contributed by atoms with van der Waals surface area (Å²) in [4.78, 5) is 0.